The maximum atomic E-state index is 12.9. The number of anilines is 2. The quantitative estimate of drug-likeness (QED) is 0.629. The lowest BCUT2D eigenvalue weighted by molar-refractivity contribution is -0.140. The van der Waals surface area contributed by atoms with Crippen molar-refractivity contribution in [1.29, 1.82) is 0 Å². The van der Waals surface area contributed by atoms with E-state index in [1.54, 1.807) is 6.20 Å². The van der Waals surface area contributed by atoms with Crippen LogP contribution in [0.3, 0.4) is 0 Å². The Morgan fingerprint density at radius 2 is 1.62 bits per heavy atom. The molecule has 0 amide bonds. The molecule has 3 aromatic rings. The Kier molecular flexibility index (Phi) is 4.22. The van der Waals surface area contributed by atoms with Crippen molar-refractivity contribution in [3.8, 4) is 0 Å². The summed E-state index contributed by atoms with van der Waals surface area (Å²) in [6.45, 7) is 2.60. The molecule has 1 aliphatic rings. The van der Waals surface area contributed by atoms with E-state index in [-0.39, 0.29) is 5.65 Å². The second kappa shape index (κ2) is 6.42. The third kappa shape index (κ3) is 3.09. The Morgan fingerprint density at radius 1 is 0.962 bits per heavy atom. The van der Waals surface area contributed by atoms with Crippen LogP contribution < -0.4 is 9.80 Å². The molecule has 0 aromatic carbocycles. The van der Waals surface area contributed by atoms with Crippen LogP contribution in [-0.4, -0.2) is 45.5 Å². The summed E-state index contributed by atoms with van der Waals surface area (Å²) in [6, 6.07) is 3.78. The molecule has 0 radical (unpaired) electrons. The van der Waals surface area contributed by atoms with Gasteiger partial charge in [-0.2, -0.15) is 13.2 Å². The normalized spacial score (nSPS) is 15.7. The molecule has 0 bridgehead atoms. The van der Waals surface area contributed by atoms with E-state index in [1.807, 2.05) is 17.0 Å². The molecule has 0 aliphatic carbocycles. The van der Waals surface area contributed by atoms with Gasteiger partial charge in [0.15, 0.2) is 17.2 Å². The first-order chi connectivity index (χ1) is 12.4. The van der Waals surface area contributed by atoms with Gasteiger partial charge in [-0.15, -0.1) is 0 Å². The molecule has 10 heteroatoms. The van der Waals surface area contributed by atoms with E-state index in [4.69, 9.17) is 0 Å². The number of pyridine rings is 1. The van der Waals surface area contributed by atoms with E-state index in [2.05, 4.69) is 35.8 Å². The van der Waals surface area contributed by atoms with Crippen LogP contribution in [0.15, 0.2) is 41.4 Å². The molecule has 26 heavy (non-hydrogen) atoms. The van der Waals surface area contributed by atoms with Crippen molar-refractivity contribution >= 4 is 33.2 Å². The Labute approximate surface area is 155 Å². The van der Waals surface area contributed by atoms with Gasteiger partial charge in [-0.25, -0.2) is 15.0 Å². The zero-order valence-electron chi connectivity index (χ0n) is 13.5. The summed E-state index contributed by atoms with van der Waals surface area (Å²) in [6.07, 6.45) is 1.21. The van der Waals surface area contributed by atoms with Gasteiger partial charge in [0.25, 0.3) is 0 Å². The molecular formula is C16H14BrF3N6. The summed E-state index contributed by atoms with van der Waals surface area (Å²) in [5, 5.41) is 0. The van der Waals surface area contributed by atoms with Gasteiger partial charge in [-0.1, -0.05) is 0 Å². The van der Waals surface area contributed by atoms with Crippen LogP contribution >= 0.6 is 15.9 Å². The Balaban J connectivity index is 1.58. The van der Waals surface area contributed by atoms with E-state index in [0.29, 0.717) is 32.0 Å². The number of aromatic nitrogens is 4. The summed E-state index contributed by atoms with van der Waals surface area (Å²) in [5.74, 6) is 1.32. The van der Waals surface area contributed by atoms with Gasteiger partial charge in [0.2, 0.25) is 0 Å². The Bertz CT molecular complexity index is 933. The zero-order chi connectivity index (χ0) is 18.3. The fourth-order valence-corrected chi connectivity index (χ4v) is 3.51. The minimum Gasteiger partial charge on any atom is -0.352 e. The van der Waals surface area contributed by atoms with Crippen molar-refractivity contribution in [2.45, 2.75) is 6.18 Å². The zero-order valence-corrected chi connectivity index (χ0v) is 15.1. The average molecular weight is 427 g/mol. The van der Waals surface area contributed by atoms with Crippen molar-refractivity contribution in [2.24, 2.45) is 0 Å². The molecule has 0 saturated carbocycles. The summed E-state index contributed by atoms with van der Waals surface area (Å²) in [4.78, 5) is 16.5. The van der Waals surface area contributed by atoms with E-state index >= 15 is 0 Å². The fourth-order valence-electron chi connectivity index (χ4n) is 3.01. The summed E-state index contributed by atoms with van der Waals surface area (Å²) in [7, 11) is 0. The van der Waals surface area contributed by atoms with Crippen molar-refractivity contribution in [3.05, 3.63) is 47.1 Å². The van der Waals surface area contributed by atoms with Crippen LogP contribution in [0.1, 0.15) is 5.69 Å². The number of halogens is 4. The van der Waals surface area contributed by atoms with E-state index < -0.39 is 11.9 Å². The maximum Gasteiger partial charge on any atom is 0.434 e. The van der Waals surface area contributed by atoms with E-state index in [0.717, 1.165) is 16.5 Å². The third-order valence-corrected chi connectivity index (χ3v) is 4.88. The van der Waals surface area contributed by atoms with Gasteiger partial charge < -0.3 is 14.2 Å². The maximum absolute atomic E-state index is 12.9. The van der Waals surface area contributed by atoms with Gasteiger partial charge in [0, 0.05) is 51.0 Å². The lowest BCUT2D eigenvalue weighted by Gasteiger charge is -2.36. The average Bonchev–Trinajstić information content (AvgIpc) is 3.07. The number of rotatable bonds is 2. The smallest absolute Gasteiger partial charge is 0.352 e. The highest BCUT2D eigenvalue weighted by atomic mass is 79.9. The first kappa shape index (κ1) is 17.1. The molecule has 4 rings (SSSR count). The van der Waals surface area contributed by atoms with Gasteiger partial charge in [-0.3, -0.25) is 0 Å². The number of imidazole rings is 1. The van der Waals surface area contributed by atoms with Gasteiger partial charge in [0.05, 0.1) is 4.47 Å². The second-order valence-electron chi connectivity index (χ2n) is 5.89. The predicted octanol–water partition coefficient (Wildman–Crippen LogP) is 3.23. The number of nitrogens with zero attached hydrogens (tertiary/aromatic N) is 6. The van der Waals surface area contributed by atoms with Crippen molar-refractivity contribution < 1.29 is 13.2 Å². The highest BCUT2D eigenvalue weighted by molar-refractivity contribution is 9.10. The number of hydrogen-bond donors (Lipinski definition) is 0. The molecule has 4 heterocycles. The summed E-state index contributed by atoms with van der Waals surface area (Å²) < 4.78 is 41.1. The molecule has 0 N–H and O–H groups in total. The number of hydrogen-bond acceptors (Lipinski definition) is 5. The van der Waals surface area contributed by atoms with Gasteiger partial charge >= 0.3 is 6.18 Å². The van der Waals surface area contributed by atoms with Crippen molar-refractivity contribution in [3.63, 3.8) is 0 Å². The Hall–Kier alpha value is -2.36. The van der Waals surface area contributed by atoms with Crippen LogP contribution in [0.25, 0.3) is 5.65 Å². The standard InChI is InChI=1S/C16H14BrF3N6/c17-11-2-1-3-21-13(11)24-6-8-25(9-7-24)14-15-23-12(16(18,19)20)10-26(15)5-4-22-14/h1-5,10H,6-9H2. The van der Waals surface area contributed by atoms with Gasteiger partial charge in [0.1, 0.15) is 5.82 Å². The topological polar surface area (TPSA) is 49.6 Å². The molecule has 0 spiro atoms. The number of fused-ring (bicyclic) bond motifs is 1. The molecule has 0 unspecified atom stereocenters. The second-order valence-corrected chi connectivity index (χ2v) is 6.74. The molecule has 3 aromatic heterocycles. The molecule has 1 saturated heterocycles. The van der Waals surface area contributed by atoms with E-state index in [1.165, 1.54) is 16.8 Å². The lowest BCUT2D eigenvalue weighted by Crippen LogP contribution is -2.47. The number of piperazine rings is 1. The number of alkyl halides is 3. The van der Waals surface area contributed by atoms with Crippen molar-refractivity contribution in [1.82, 2.24) is 19.4 Å². The lowest BCUT2D eigenvalue weighted by atomic mass is 10.3. The Morgan fingerprint density at radius 3 is 2.27 bits per heavy atom. The highest BCUT2D eigenvalue weighted by Gasteiger charge is 2.34. The van der Waals surface area contributed by atoms with Crippen LogP contribution in [0.4, 0.5) is 24.8 Å². The van der Waals surface area contributed by atoms with Crippen molar-refractivity contribution in [2.75, 3.05) is 36.0 Å². The highest BCUT2D eigenvalue weighted by Crippen LogP contribution is 2.31. The summed E-state index contributed by atoms with van der Waals surface area (Å²) in [5.41, 5.74) is -0.699. The molecule has 1 aliphatic heterocycles. The van der Waals surface area contributed by atoms with Crippen LogP contribution in [0.2, 0.25) is 0 Å². The largest absolute Gasteiger partial charge is 0.434 e. The minimum absolute atomic E-state index is 0.215. The third-order valence-electron chi connectivity index (χ3n) is 4.26. The molecule has 6 nitrogen and oxygen atoms in total. The van der Waals surface area contributed by atoms with Gasteiger partial charge in [-0.05, 0) is 28.1 Å². The van der Waals surface area contributed by atoms with Crippen LogP contribution in [0.5, 0.6) is 0 Å². The summed E-state index contributed by atoms with van der Waals surface area (Å²) >= 11 is 3.50. The molecular weight excluding hydrogens is 413 g/mol. The SMILES string of the molecule is FC(F)(F)c1cn2ccnc(N3CCN(c4ncccc4Br)CC3)c2n1. The fraction of sp³-hybridized carbons (Fsp3) is 0.312. The first-order valence-electron chi connectivity index (χ1n) is 7.95. The van der Waals surface area contributed by atoms with E-state index in [9.17, 15) is 13.2 Å². The molecule has 136 valence electrons. The molecule has 0 atom stereocenters. The van der Waals surface area contributed by atoms with Crippen LogP contribution in [0, 0.1) is 0 Å². The predicted molar refractivity (Wildman–Crippen MR) is 94.4 cm³/mol. The monoisotopic (exact) mass is 426 g/mol. The minimum atomic E-state index is -4.48. The molecule has 1 fully saturated rings. The first-order valence-corrected chi connectivity index (χ1v) is 8.74. The van der Waals surface area contributed by atoms with Crippen LogP contribution in [-0.2, 0) is 6.18 Å².